The Kier molecular flexibility index (Phi) is 6.08. The molecule has 2 aromatic carbocycles. The van der Waals surface area contributed by atoms with Gasteiger partial charge in [-0.2, -0.15) is 4.98 Å². The first kappa shape index (κ1) is 18.9. The number of nitrogens with zero attached hydrogens (tertiary/aromatic N) is 3. The number of aromatic nitrogens is 2. The third kappa shape index (κ3) is 4.65. The quantitative estimate of drug-likeness (QED) is 0.601. The molecule has 0 atom stereocenters. The first-order valence-electron chi connectivity index (χ1n) is 8.94. The Labute approximate surface area is 159 Å². The Hall–Kier alpha value is -2.86. The van der Waals surface area contributed by atoms with Crippen LogP contribution < -0.4 is 9.47 Å². The molecule has 6 nitrogen and oxygen atoms in total. The van der Waals surface area contributed by atoms with Gasteiger partial charge in [0.25, 0.3) is 0 Å². The van der Waals surface area contributed by atoms with E-state index in [-0.39, 0.29) is 0 Å². The van der Waals surface area contributed by atoms with Gasteiger partial charge in [-0.1, -0.05) is 42.4 Å². The Morgan fingerprint density at radius 3 is 2.44 bits per heavy atom. The minimum Gasteiger partial charge on any atom is -0.497 e. The molecule has 0 saturated heterocycles. The summed E-state index contributed by atoms with van der Waals surface area (Å²) in [5.74, 6) is 2.76. The second kappa shape index (κ2) is 8.68. The van der Waals surface area contributed by atoms with Crippen molar-refractivity contribution in [3.63, 3.8) is 0 Å². The highest BCUT2D eigenvalue weighted by Gasteiger charge is 2.13. The summed E-state index contributed by atoms with van der Waals surface area (Å²) in [5.41, 5.74) is 3.31. The van der Waals surface area contributed by atoms with Gasteiger partial charge in [0, 0.05) is 23.7 Å². The van der Waals surface area contributed by atoms with Gasteiger partial charge in [-0.25, -0.2) is 0 Å². The van der Waals surface area contributed by atoms with Crippen molar-refractivity contribution in [2.75, 3.05) is 21.3 Å². The summed E-state index contributed by atoms with van der Waals surface area (Å²) in [4.78, 5) is 6.62. The van der Waals surface area contributed by atoms with Crippen molar-refractivity contribution in [2.24, 2.45) is 0 Å². The lowest BCUT2D eigenvalue weighted by Crippen LogP contribution is -2.18. The highest BCUT2D eigenvalue weighted by Crippen LogP contribution is 2.26. The van der Waals surface area contributed by atoms with E-state index in [9.17, 15) is 0 Å². The van der Waals surface area contributed by atoms with Crippen LogP contribution >= 0.6 is 0 Å². The van der Waals surface area contributed by atoms with Gasteiger partial charge in [-0.15, -0.1) is 0 Å². The molecule has 0 aliphatic carbocycles. The zero-order chi connectivity index (χ0) is 19.2. The predicted molar refractivity (Wildman–Crippen MR) is 104 cm³/mol. The SMILES string of the molecule is CCc1ccc(-c2noc(CN(C)Cc3ccc(OC)cc3OC)n2)cc1. The third-order valence-corrected chi connectivity index (χ3v) is 4.43. The number of ether oxygens (including phenoxy) is 2. The zero-order valence-electron chi connectivity index (χ0n) is 16.2. The molecule has 0 aliphatic heterocycles. The molecule has 0 N–H and O–H groups in total. The molecule has 0 saturated carbocycles. The average Bonchev–Trinajstić information content (AvgIpc) is 3.16. The van der Waals surface area contributed by atoms with Gasteiger partial charge in [0.1, 0.15) is 11.5 Å². The minimum absolute atomic E-state index is 0.551. The lowest BCUT2D eigenvalue weighted by molar-refractivity contribution is 0.257. The second-order valence-corrected chi connectivity index (χ2v) is 6.41. The van der Waals surface area contributed by atoms with Crippen LogP contribution in [0.1, 0.15) is 23.9 Å². The molecule has 27 heavy (non-hydrogen) atoms. The van der Waals surface area contributed by atoms with Gasteiger partial charge in [0.05, 0.1) is 20.8 Å². The Morgan fingerprint density at radius 2 is 1.78 bits per heavy atom. The summed E-state index contributed by atoms with van der Waals surface area (Å²) in [6.07, 6.45) is 1.01. The van der Waals surface area contributed by atoms with Crippen molar-refractivity contribution in [3.8, 4) is 22.9 Å². The van der Waals surface area contributed by atoms with Crippen molar-refractivity contribution in [1.82, 2.24) is 15.0 Å². The van der Waals surface area contributed by atoms with Crippen molar-refractivity contribution < 1.29 is 14.0 Å². The molecule has 3 rings (SSSR count). The third-order valence-electron chi connectivity index (χ3n) is 4.43. The molecule has 0 bridgehead atoms. The van der Waals surface area contributed by atoms with Crippen LogP contribution in [0.15, 0.2) is 47.0 Å². The number of rotatable bonds is 8. The van der Waals surface area contributed by atoms with Crippen molar-refractivity contribution in [3.05, 3.63) is 59.5 Å². The van der Waals surface area contributed by atoms with Crippen LogP contribution in [-0.4, -0.2) is 36.3 Å². The van der Waals surface area contributed by atoms with Crippen molar-refractivity contribution >= 4 is 0 Å². The van der Waals surface area contributed by atoms with E-state index in [0.717, 1.165) is 29.0 Å². The minimum atomic E-state index is 0.551. The van der Waals surface area contributed by atoms with Crippen LogP contribution in [0.4, 0.5) is 0 Å². The smallest absolute Gasteiger partial charge is 0.241 e. The number of hydrogen-bond acceptors (Lipinski definition) is 6. The second-order valence-electron chi connectivity index (χ2n) is 6.41. The van der Waals surface area contributed by atoms with E-state index in [1.165, 1.54) is 5.56 Å². The molecule has 0 amide bonds. The maximum Gasteiger partial charge on any atom is 0.241 e. The molecule has 1 heterocycles. The van der Waals surface area contributed by atoms with E-state index in [1.807, 2.05) is 37.4 Å². The van der Waals surface area contributed by atoms with Crippen LogP contribution in [0.5, 0.6) is 11.5 Å². The largest absolute Gasteiger partial charge is 0.497 e. The number of benzene rings is 2. The van der Waals surface area contributed by atoms with Gasteiger partial charge in [0.15, 0.2) is 0 Å². The van der Waals surface area contributed by atoms with E-state index in [4.69, 9.17) is 14.0 Å². The van der Waals surface area contributed by atoms with Crippen LogP contribution in [0.3, 0.4) is 0 Å². The van der Waals surface area contributed by atoms with E-state index in [2.05, 4.69) is 34.1 Å². The van der Waals surface area contributed by atoms with Crippen LogP contribution in [0, 0.1) is 0 Å². The molecule has 0 unspecified atom stereocenters. The molecule has 0 aliphatic rings. The normalized spacial score (nSPS) is 11.0. The molecule has 0 spiro atoms. The van der Waals surface area contributed by atoms with E-state index < -0.39 is 0 Å². The molecule has 0 radical (unpaired) electrons. The molecule has 1 aromatic heterocycles. The lowest BCUT2D eigenvalue weighted by atomic mass is 10.1. The van der Waals surface area contributed by atoms with Gasteiger partial charge >= 0.3 is 0 Å². The maximum atomic E-state index is 5.46. The van der Waals surface area contributed by atoms with Crippen LogP contribution in [0.2, 0.25) is 0 Å². The Morgan fingerprint density at radius 1 is 1.00 bits per heavy atom. The molecule has 142 valence electrons. The van der Waals surface area contributed by atoms with Crippen molar-refractivity contribution in [1.29, 1.82) is 0 Å². The van der Waals surface area contributed by atoms with Gasteiger partial charge < -0.3 is 14.0 Å². The zero-order valence-corrected chi connectivity index (χ0v) is 16.2. The van der Waals surface area contributed by atoms with Crippen LogP contribution in [0.25, 0.3) is 11.4 Å². The predicted octanol–water partition coefficient (Wildman–Crippen LogP) is 3.95. The Bertz CT molecular complexity index is 875. The number of hydrogen-bond donors (Lipinski definition) is 0. The highest BCUT2D eigenvalue weighted by atomic mass is 16.5. The lowest BCUT2D eigenvalue weighted by Gasteiger charge is -2.17. The summed E-state index contributed by atoms with van der Waals surface area (Å²) in [6.45, 7) is 3.38. The number of methoxy groups -OCH3 is 2. The standard InChI is InChI=1S/C21H25N3O3/c1-5-15-6-8-16(9-7-15)21-22-20(27-23-21)14-24(2)13-17-10-11-18(25-3)12-19(17)26-4/h6-12H,5,13-14H2,1-4H3. The van der Waals surface area contributed by atoms with Gasteiger partial charge in [-0.05, 0) is 25.1 Å². The van der Waals surface area contributed by atoms with Gasteiger partial charge in [-0.3, -0.25) is 4.90 Å². The molecular formula is C21H25N3O3. The highest BCUT2D eigenvalue weighted by molar-refractivity contribution is 5.54. The summed E-state index contributed by atoms with van der Waals surface area (Å²) < 4.78 is 16.1. The molecule has 3 aromatic rings. The molecule has 6 heteroatoms. The first-order chi connectivity index (χ1) is 13.1. The van der Waals surface area contributed by atoms with E-state index in [0.29, 0.717) is 24.8 Å². The van der Waals surface area contributed by atoms with Crippen molar-refractivity contribution in [2.45, 2.75) is 26.4 Å². The summed E-state index contributed by atoms with van der Waals surface area (Å²) in [5, 5.41) is 4.10. The Balaban J connectivity index is 1.66. The topological polar surface area (TPSA) is 60.6 Å². The summed E-state index contributed by atoms with van der Waals surface area (Å²) in [6, 6.07) is 14.0. The van der Waals surface area contributed by atoms with E-state index in [1.54, 1.807) is 14.2 Å². The van der Waals surface area contributed by atoms with Crippen LogP contribution in [-0.2, 0) is 19.5 Å². The van der Waals surface area contributed by atoms with Gasteiger partial charge in [0.2, 0.25) is 11.7 Å². The number of aryl methyl sites for hydroxylation is 1. The summed E-state index contributed by atoms with van der Waals surface area (Å²) >= 11 is 0. The molecule has 0 fully saturated rings. The fourth-order valence-corrected chi connectivity index (χ4v) is 2.89. The first-order valence-corrected chi connectivity index (χ1v) is 8.94. The fraction of sp³-hybridized carbons (Fsp3) is 0.333. The fourth-order valence-electron chi connectivity index (χ4n) is 2.89. The summed E-state index contributed by atoms with van der Waals surface area (Å²) in [7, 11) is 5.31. The maximum absolute atomic E-state index is 5.46. The monoisotopic (exact) mass is 367 g/mol. The molecular weight excluding hydrogens is 342 g/mol. The average molecular weight is 367 g/mol. The van der Waals surface area contributed by atoms with E-state index >= 15 is 0 Å².